The summed E-state index contributed by atoms with van der Waals surface area (Å²) >= 11 is 1.47. The van der Waals surface area contributed by atoms with E-state index < -0.39 is 0 Å². The molecule has 0 aliphatic carbocycles. The molecule has 0 fully saturated rings. The van der Waals surface area contributed by atoms with Crippen LogP contribution in [0.4, 0.5) is 0 Å². The molecule has 1 aromatic rings. The second kappa shape index (κ2) is 7.93. The SMILES string of the molecule is CCCCC(=O)c1ccc(SCC(=O)NC)cc1. The number of nitrogens with one attached hydrogen (secondary N) is 1. The first-order valence-corrected chi connectivity index (χ1v) is 7.12. The van der Waals surface area contributed by atoms with Gasteiger partial charge in [0.05, 0.1) is 5.75 Å². The van der Waals surface area contributed by atoms with Crippen molar-refractivity contribution in [2.45, 2.75) is 31.1 Å². The van der Waals surface area contributed by atoms with Gasteiger partial charge >= 0.3 is 0 Å². The summed E-state index contributed by atoms with van der Waals surface area (Å²) in [6.07, 6.45) is 2.58. The Kier molecular flexibility index (Phi) is 6.50. The second-order valence-corrected chi connectivity index (χ2v) is 5.06. The Morgan fingerprint density at radius 2 is 1.89 bits per heavy atom. The number of rotatable bonds is 7. The molecule has 1 aromatic carbocycles. The number of carbonyl (C=O) groups excluding carboxylic acids is 2. The minimum absolute atomic E-state index is 0.00287. The molecular formula is C14H19NO2S. The molecule has 0 aliphatic rings. The Balaban J connectivity index is 2.51. The lowest BCUT2D eigenvalue weighted by Crippen LogP contribution is -2.19. The van der Waals surface area contributed by atoms with Gasteiger partial charge in [0.1, 0.15) is 0 Å². The van der Waals surface area contributed by atoms with E-state index in [1.807, 2.05) is 24.3 Å². The fourth-order valence-electron chi connectivity index (χ4n) is 1.44. The molecule has 0 aliphatic heterocycles. The summed E-state index contributed by atoms with van der Waals surface area (Å²) in [6, 6.07) is 7.47. The Morgan fingerprint density at radius 3 is 2.44 bits per heavy atom. The average Bonchev–Trinajstić information content (AvgIpc) is 2.42. The number of amides is 1. The molecule has 0 spiro atoms. The van der Waals surface area contributed by atoms with Gasteiger partial charge in [-0.25, -0.2) is 0 Å². The molecule has 3 nitrogen and oxygen atoms in total. The lowest BCUT2D eigenvalue weighted by atomic mass is 10.1. The molecule has 18 heavy (non-hydrogen) atoms. The molecule has 0 bridgehead atoms. The van der Waals surface area contributed by atoms with Crippen molar-refractivity contribution < 1.29 is 9.59 Å². The van der Waals surface area contributed by atoms with E-state index in [4.69, 9.17) is 0 Å². The van der Waals surface area contributed by atoms with Crippen molar-refractivity contribution >= 4 is 23.5 Å². The summed E-state index contributed by atoms with van der Waals surface area (Å²) in [7, 11) is 1.62. The van der Waals surface area contributed by atoms with Crippen molar-refractivity contribution in [1.82, 2.24) is 5.32 Å². The number of Topliss-reactive ketones (excluding diaryl/α,β-unsaturated/α-hetero) is 1. The summed E-state index contributed by atoms with van der Waals surface area (Å²) in [6.45, 7) is 2.08. The van der Waals surface area contributed by atoms with E-state index in [1.54, 1.807) is 7.05 Å². The van der Waals surface area contributed by atoms with Crippen LogP contribution in [0.5, 0.6) is 0 Å². The minimum Gasteiger partial charge on any atom is -0.358 e. The quantitative estimate of drug-likeness (QED) is 0.609. The standard InChI is InChI=1S/C14H19NO2S/c1-3-4-5-13(16)11-6-8-12(9-7-11)18-10-14(17)15-2/h6-9H,3-5,10H2,1-2H3,(H,15,17). The van der Waals surface area contributed by atoms with E-state index in [-0.39, 0.29) is 11.7 Å². The maximum Gasteiger partial charge on any atom is 0.230 e. The van der Waals surface area contributed by atoms with Crippen molar-refractivity contribution in [3.05, 3.63) is 29.8 Å². The van der Waals surface area contributed by atoms with Gasteiger partial charge in [0, 0.05) is 23.9 Å². The van der Waals surface area contributed by atoms with Crippen LogP contribution >= 0.6 is 11.8 Å². The van der Waals surface area contributed by atoms with Crippen molar-refractivity contribution in [3.8, 4) is 0 Å². The molecule has 0 aromatic heterocycles. The van der Waals surface area contributed by atoms with E-state index in [0.29, 0.717) is 12.2 Å². The van der Waals surface area contributed by atoms with Crippen LogP contribution in [0.25, 0.3) is 0 Å². The predicted molar refractivity (Wildman–Crippen MR) is 75.1 cm³/mol. The van der Waals surface area contributed by atoms with E-state index in [9.17, 15) is 9.59 Å². The van der Waals surface area contributed by atoms with Crippen LogP contribution in [-0.4, -0.2) is 24.5 Å². The summed E-state index contributed by atoms with van der Waals surface area (Å²) in [5.74, 6) is 0.599. The molecule has 1 amide bonds. The molecule has 0 radical (unpaired) electrons. The Morgan fingerprint density at radius 1 is 1.22 bits per heavy atom. The smallest absolute Gasteiger partial charge is 0.230 e. The zero-order valence-electron chi connectivity index (χ0n) is 10.9. The van der Waals surface area contributed by atoms with E-state index in [0.717, 1.165) is 23.3 Å². The number of ketones is 1. The van der Waals surface area contributed by atoms with Crippen molar-refractivity contribution in [1.29, 1.82) is 0 Å². The third-order valence-electron chi connectivity index (χ3n) is 2.58. The van der Waals surface area contributed by atoms with Gasteiger partial charge in [0.25, 0.3) is 0 Å². The van der Waals surface area contributed by atoms with Crippen molar-refractivity contribution in [3.63, 3.8) is 0 Å². The topological polar surface area (TPSA) is 46.2 Å². The third kappa shape index (κ3) is 4.92. The number of benzene rings is 1. The lowest BCUT2D eigenvalue weighted by molar-refractivity contribution is -0.118. The van der Waals surface area contributed by atoms with E-state index >= 15 is 0 Å². The number of hydrogen-bond acceptors (Lipinski definition) is 3. The van der Waals surface area contributed by atoms with Crippen LogP contribution in [0.15, 0.2) is 29.2 Å². The van der Waals surface area contributed by atoms with Gasteiger partial charge in [-0.2, -0.15) is 0 Å². The molecule has 0 saturated carbocycles. The van der Waals surface area contributed by atoms with Crippen LogP contribution in [0, 0.1) is 0 Å². The predicted octanol–water partition coefficient (Wildman–Crippen LogP) is 2.90. The maximum absolute atomic E-state index is 11.8. The molecule has 0 atom stereocenters. The van der Waals surface area contributed by atoms with Crippen molar-refractivity contribution in [2.75, 3.05) is 12.8 Å². The highest BCUT2D eigenvalue weighted by atomic mass is 32.2. The first-order chi connectivity index (χ1) is 8.67. The van der Waals surface area contributed by atoms with Gasteiger partial charge < -0.3 is 5.32 Å². The highest BCUT2D eigenvalue weighted by Gasteiger charge is 2.05. The fourth-order valence-corrected chi connectivity index (χ4v) is 2.21. The van der Waals surface area contributed by atoms with Crippen LogP contribution in [0.3, 0.4) is 0 Å². The monoisotopic (exact) mass is 265 g/mol. The molecular weight excluding hydrogens is 246 g/mol. The Labute approximate surface area is 112 Å². The Hall–Kier alpha value is -1.29. The fraction of sp³-hybridized carbons (Fsp3) is 0.429. The van der Waals surface area contributed by atoms with E-state index in [2.05, 4.69) is 12.2 Å². The van der Waals surface area contributed by atoms with Gasteiger partial charge in [0.2, 0.25) is 5.91 Å². The van der Waals surface area contributed by atoms with Crippen LogP contribution in [-0.2, 0) is 4.79 Å². The maximum atomic E-state index is 11.8. The largest absolute Gasteiger partial charge is 0.358 e. The summed E-state index contributed by atoms with van der Waals surface area (Å²) in [5.41, 5.74) is 0.757. The number of hydrogen-bond donors (Lipinski definition) is 1. The normalized spacial score (nSPS) is 10.1. The first-order valence-electron chi connectivity index (χ1n) is 6.14. The van der Waals surface area contributed by atoms with Gasteiger partial charge in [-0.15, -0.1) is 11.8 Å². The summed E-state index contributed by atoms with van der Waals surface area (Å²) < 4.78 is 0. The number of thioether (sulfide) groups is 1. The van der Waals surface area contributed by atoms with Crippen LogP contribution < -0.4 is 5.32 Å². The number of unbranched alkanes of at least 4 members (excludes halogenated alkanes) is 1. The molecule has 0 unspecified atom stereocenters. The third-order valence-corrected chi connectivity index (χ3v) is 3.59. The van der Waals surface area contributed by atoms with Gasteiger partial charge in [-0.3, -0.25) is 9.59 Å². The van der Waals surface area contributed by atoms with Crippen LogP contribution in [0.1, 0.15) is 36.5 Å². The molecule has 1 N–H and O–H groups in total. The summed E-state index contributed by atoms with van der Waals surface area (Å²) in [5, 5.41) is 2.57. The highest BCUT2D eigenvalue weighted by Crippen LogP contribution is 2.19. The zero-order chi connectivity index (χ0) is 13.4. The molecule has 0 saturated heterocycles. The molecule has 0 heterocycles. The van der Waals surface area contributed by atoms with Gasteiger partial charge in [-0.1, -0.05) is 25.5 Å². The summed E-state index contributed by atoms with van der Waals surface area (Å²) in [4.78, 5) is 23.9. The van der Waals surface area contributed by atoms with Gasteiger partial charge in [-0.05, 0) is 18.6 Å². The molecule has 4 heteroatoms. The van der Waals surface area contributed by atoms with E-state index in [1.165, 1.54) is 11.8 Å². The Bertz CT molecular complexity index is 401. The minimum atomic E-state index is 0.00287. The average molecular weight is 265 g/mol. The lowest BCUT2D eigenvalue weighted by Gasteiger charge is -2.03. The molecule has 1 rings (SSSR count). The zero-order valence-corrected chi connectivity index (χ0v) is 11.7. The molecule has 98 valence electrons. The van der Waals surface area contributed by atoms with Crippen LogP contribution in [0.2, 0.25) is 0 Å². The van der Waals surface area contributed by atoms with Crippen molar-refractivity contribution in [2.24, 2.45) is 0 Å². The number of carbonyl (C=O) groups is 2. The first kappa shape index (κ1) is 14.8. The highest BCUT2D eigenvalue weighted by molar-refractivity contribution is 8.00. The van der Waals surface area contributed by atoms with Gasteiger partial charge in [0.15, 0.2) is 5.78 Å². The second-order valence-electron chi connectivity index (χ2n) is 4.01.